The Morgan fingerprint density at radius 3 is 2.75 bits per heavy atom. The molecule has 2 heterocycles. The van der Waals surface area contributed by atoms with Crippen molar-refractivity contribution in [2.45, 2.75) is 12.8 Å². The minimum atomic E-state index is -0.994. The van der Waals surface area contributed by atoms with Crippen LogP contribution < -0.4 is 15.4 Å². The van der Waals surface area contributed by atoms with E-state index in [1.54, 1.807) is 23.5 Å². The van der Waals surface area contributed by atoms with Crippen LogP contribution in [0, 0.1) is 0 Å². The number of unbranched alkanes of at least 4 members (excludes halogenated alkanes) is 1. The van der Waals surface area contributed by atoms with Crippen LogP contribution in [0.5, 0.6) is 5.75 Å². The first-order valence-electron chi connectivity index (χ1n) is 11.0. The van der Waals surface area contributed by atoms with E-state index in [0.29, 0.717) is 23.6 Å². The fourth-order valence-corrected chi connectivity index (χ4v) is 4.86. The Bertz CT molecular complexity index is 1090. The highest BCUT2D eigenvalue weighted by atomic mass is 32.1. The Morgan fingerprint density at radius 2 is 1.97 bits per heavy atom. The van der Waals surface area contributed by atoms with Gasteiger partial charge in [0.15, 0.2) is 0 Å². The van der Waals surface area contributed by atoms with Crippen molar-refractivity contribution in [2.24, 2.45) is 0 Å². The molecule has 1 aromatic heterocycles. The molecule has 0 bridgehead atoms. The lowest BCUT2D eigenvalue weighted by molar-refractivity contribution is -0.131. The molecule has 1 fully saturated rings. The standard InChI is InChI=1S/C25H29N3O3S/c26-22-18-20(8-6-19(22)7-9-25(29)30)31-16-2-1-11-27-12-14-28(15-13-27)23-4-3-5-24-21(23)10-17-32-24/h3-10,17-18H,1-2,11-16,26H2,(H,29,30)/b9-7+. The van der Waals surface area contributed by atoms with Crippen molar-refractivity contribution in [1.82, 2.24) is 4.90 Å². The van der Waals surface area contributed by atoms with Gasteiger partial charge in [0.1, 0.15) is 5.75 Å². The average Bonchev–Trinajstić information content (AvgIpc) is 3.28. The molecule has 6 nitrogen and oxygen atoms in total. The molecule has 3 N–H and O–H groups in total. The number of rotatable bonds is 9. The zero-order valence-electron chi connectivity index (χ0n) is 18.1. The lowest BCUT2D eigenvalue weighted by Crippen LogP contribution is -2.46. The Morgan fingerprint density at radius 1 is 1.12 bits per heavy atom. The summed E-state index contributed by atoms with van der Waals surface area (Å²) >= 11 is 1.80. The number of carbonyl (C=O) groups is 1. The number of nitrogens with zero attached hydrogens (tertiary/aromatic N) is 2. The SMILES string of the molecule is Nc1cc(OCCCCN2CCN(c3cccc4sccc34)CC2)ccc1/C=C/C(=O)O. The van der Waals surface area contributed by atoms with Gasteiger partial charge >= 0.3 is 5.97 Å². The van der Waals surface area contributed by atoms with Crippen LogP contribution in [0.15, 0.2) is 53.9 Å². The molecule has 1 saturated heterocycles. The molecule has 0 spiro atoms. The molecule has 7 heteroatoms. The van der Waals surface area contributed by atoms with E-state index in [-0.39, 0.29) is 0 Å². The quantitative estimate of drug-likeness (QED) is 0.282. The van der Waals surface area contributed by atoms with Crippen LogP contribution in [0.25, 0.3) is 16.2 Å². The number of ether oxygens (including phenoxy) is 1. The minimum absolute atomic E-state index is 0.510. The van der Waals surface area contributed by atoms with Crippen LogP contribution in [0.4, 0.5) is 11.4 Å². The number of carboxylic acid groups (broad SMARTS) is 1. The molecular formula is C25H29N3O3S. The zero-order chi connectivity index (χ0) is 22.3. The maximum atomic E-state index is 10.6. The topological polar surface area (TPSA) is 79.0 Å². The number of benzene rings is 2. The van der Waals surface area contributed by atoms with Gasteiger partial charge in [-0.1, -0.05) is 6.07 Å². The van der Waals surface area contributed by atoms with Gasteiger partial charge in [0.25, 0.3) is 0 Å². The normalized spacial score (nSPS) is 14.9. The van der Waals surface area contributed by atoms with Crippen LogP contribution in [-0.2, 0) is 4.79 Å². The molecule has 0 amide bonds. The highest BCUT2D eigenvalue weighted by Crippen LogP contribution is 2.31. The van der Waals surface area contributed by atoms with Crippen LogP contribution in [0.1, 0.15) is 18.4 Å². The second kappa shape index (κ2) is 10.5. The molecule has 32 heavy (non-hydrogen) atoms. The first-order chi connectivity index (χ1) is 15.6. The summed E-state index contributed by atoms with van der Waals surface area (Å²) in [5, 5.41) is 12.3. The highest BCUT2D eigenvalue weighted by molar-refractivity contribution is 7.17. The molecule has 3 aromatic rings. The summed E-state index contributed by atoms with van der Waals surface area (Å²) in [4.78, 5) is 15.7. The number of hydrogen-bond donors (Lipinski definition) is 2. The van der Waals surface area contributed by atoms with Crippen molar-refractivity contribution in [2.75, 3.05) is 50.0 Å². The molecule has 4 rings (SSSR count). The van der Waals surface area contributed by atoms with Crippen LogP contribution >= 0.6 is 11.3 Å². The van der Waals surface area contributed by atoms with E-state index >= 15 is 0 Å². The summed E-state index contributed by atoms with van der Waals surface area (Å²) in [5.74, 6) is -0.280. The molecule has 1 aliphatic heterocycles. The molecule has 0 saturated carbocycles. The Labute approximate surface area is 192 Å². The number of nitrogens with two attached hydrogens (primary N) is 1. The van der Waals surface area contributed by atoms with E-state index in [9.17, 15) is 4.79 Å². The third-order valence-corrected chi connectivity index (χ3v) is 6.67. The summed E-state index contributed by atoms with van der Waals surface area (Å²) in [6.07, 6.45) is 4.64. The summed E-state index contributed by atoms with van der Waals surface area (Å²) in [6.45, 7) is 6.03. The Balaban J connectivity index is 1.16. The molecule has 168 valence electrons. The van der Waals surface area contributed by atoms with Gasteiger partial charge in [-0.3, -0.25) is 4.90 Å². The third-order valence-electron chi connectivity index (χ3n) is 5.79. The molecular weight excluding hydrogens is 422 g/mol. The number of fused-ring (bicyclic) bond motifs is 1. The predicted molar refractivity (Wildman–Crippen MR) is 133 cm³/mol. The summed E-state index contributed by atoms with van der Waals surface area (Å²) in [7, 11) is 0. The van der Waals surface area contributed by atoms with Gasteiger partial charge in [0.05, 0.1) is 6.61 Å². The average molecular weight is 452 g/mol. The van der Waals surface area contributed by atoms with Crippen LogP contribution in [-0.4, -0.2) is 55.3 Å². The van der Waals surface area contributed by atoms with Gasteiger partial charge in [0.2, 0.25) is 0 Å². The predicted octanol–water partition coefficient (Wildman–Crippen LogP) is 4.56. The summed E-state index contributed by atoms with van der Waals surface area (Å²) < 4.78 is 7.18. The summed E-state index contributed by atoms with van der Waals surface area (Å²) in [6, 6.07) is 14.2. The second-order valence-corrected chi connectivity index (χ2v) is 8.90. The van der Waals surface area contributed by atoms with Crippen molar-refractivity contribution in [3.8, 4) is 5.75 Å². The Hall–Kier alpha value is -3.03. The van der Waals surface area contributed by atoms with E-state index in [0.717, 1.165) is 51.6 Å². The molecule has 0 radical (unpaired) electrons. The second-order valence-electron chi connectivity index (χ2n) is 7.96. The first kappa shape index (κ1) is 22.2. The van der Waals surface area contributed by atoms with E-state index in [4.69, 9.17) is 15.6 Å². The maximum absolute atomic E-state index is 10.6. The lowest BCUT2D eigenvalue weighted by Gasteiger charge is -2.36. The maximum Gasteiger partial charge on any atom is 0.328 e. The van der Waals surface area contributed by atoms with E-state index in [1.165, 1.54) is 21.8 Å². The monoisotopic (exact) mass is 451 g/mol. The van der Waals surface area contributed by atoms with Crippen LogP contribution in [0.3, 0.4) is 0 Å². The minimum Gasteiger partial charge on any atom is -0.494 e. The highest BCUT2D eigenvalue weighted by Gasteiger charge is 2.18. The van der Waals surface area contributed by atoms with Gasteiger partial charge in [0, 0.05) is 59.8 Å². The van der Waals surface area contributed by atoms with Gasteiger partial charge in [-0.25, -0.2) is 4.79 Å². The first-order valence-corrected chi connectivity index (χ1v) is 11.8. The number of hydrogen-bond acceptors (Lipinski definition) is 6. The van der Waals surface area contributed by atoms with Crippen LogP contribution in [0.2, 0.25) is 0 Å². The van der Waals surface area contributed by atoms with Gasteiger partial charge in [-0.15, -0.1) is 11.3 Å². The molecule has 0 aliphatic carbocycles. The fourth-order valence-electron chi connectivity index (χ4n) is 4.05. The van der Waals surface area contributed by atoms with Crippen molar-refractivity contribution in [3.05, 3.63) is 59.5 Å². The molecule has 0 atom stereocenters. The van der Waals surface area contributed by atoms with Crippen molar-refractivity contribution in [3.63, 3.8) is 0 Å². The fraction of sp³-hybridized carbons (Fsp3) is 0.320. The van der Waals surface area contributed by atoms with E-state index < -0.39 is 5.97 Å². The molecule has 1 aliphatic rings. The smallest absolute Gasteiger partial charge is 0.328 e. The van der Waals surface area contributed by atoms with Gasteiger partial charge < -0.3 is 20.5 Å². The number of nitrogen functional groups attached to an aromatic ring is 1. The summed E-state index contributed by atoms with van der Waals surface area (Å²) in [5.41, 5.74) is 8.53. The largest absolute Gasteiger partial charge is 0.494 e. The number of anilines is 2. The number of aliphatic carboxylic acids is 1. The lowest BCUT2D eigenvalue weighted by atomic mass is 10.1. The van der Waals surface area contributed by atoms with Gasteiger partial charge in [-0.05, 0) is 66.7 Å². The van der Waals surface area contributed by atoms with E-state index in [2.05, 4.69) is 39.4 Å². The van der Waals surface area contributed by atoms with Crippen molar-refractivity contribution >= 4 is 44.8 Å². The number of piperazine rings is 1. The Kier molecular flexibility index (Phi) is 7.29. The number of thiophene rings is 1. The van der Waals surface area contributed by atoms with Crippen molar-refractivity contribution in [1.29, 1.82) is 0 Å². The zero-order valence-corrected chi connectivity index (χ0v) is 18.9. The van der Waals surface area contributed by atoms with Crippen molar-refractivity contribution < 1.29 is 14.6 Å². The molecule has 2 aromatic carbocycles. The third kappa shape index (κ3) is 5.60. The van der Waals surface area contributed by atoms with E-state index in [1.807, 2.05) is 6.07 Å². The molecule has 0 unspecified atom stereocenters. The number of carboxylic acids is 1. The van der Waals surface area contributed by atoms with Gasteiger partial charge in [-0.2, -0.15) is 0 Å².